The van der Waals surface area contributed by atoms with Gasteiger partial charge in [0.2, 0.25) is 0 Å². The Labute approximate surface area is 105 Å². The summed E-state index contributed by atoms with van der Waals surface area (Å²) in [5.74, 6) is -0.106. The molecule has 1 amide bonds. The van der Waals surface area contributed by atoms with E-state index in [1.54, 1.807) is 0 Å². The predicted molar refractivity (Wildman–Crippen MR) is 67.1 cm³/mol. The Balaban J connectivity index is 2.66. The zero-order chi connectivity index (χ0) is 12.8. The van der Waals surface area contributed by atoms with Crippen molar-refractivity contribution in [2.24, 2.45) is 5.92 Å². The summed E-state index contributed by atoms with van der Waals surface area (Å²) in [5, 5.41) is 15.8. The Kier molecular flexibility index (Phi) is 5.50. The van der Waals surface area contributed by atoms with E-state index in [2.05, 4.69) is 14.9 Å². The summed E-state index contributed by atoms with van der Waals surface area (Å²) in [7, 11) is 0. The third-order valence-corrected chi connectivity index (χ3v) is 3.52. The quantitative estimate of drug-likeness (QED) is 0.804. The molecule has 1 heterocycles. The van der Waals surface area contributed by atoms with E-state index >= 15 is 0 Å². The van der Waals surface area contributed by atoms with Crippen molar-refractivity contribution in [1.82, 2.24) is 14.9 Å². The Morgan fingerprint density at radius 2 is 2.24 bits per heavy atom. The van der Waals surface area contributed by atoms with Gasteiger partial charge in [-0.15, -0.1) is 5.10 Å². The Morgan fingerprint density at radius 1 is 1.53 bits per heavy atom. The van der Waals surface area contributed by atoms with Crippen LogP contribution in [-0.4, -0.2) is 33.2 Å². The van der Waals surface area contributed by atoms with Crippen LogP contribution >= 0.6 is 11.5 Å². The lowest BCUT2D eigenvalue weighted by molar-refractivity contribution is 0.0919. The summed E-state index contributed by atoms with van der Waals surface area (Å²) in [6.07, 6.45) is 1.71. The second-order valence-electron chi connectivity index (χ2n) is 4.22. The number of aliphatic hydroxyl groups is 1. The highest BCUT2D eigenvalue weighted by Gasteiger charge is 2.19. The van der Waals surface area contributed by atoms with Gasteiger partial charge in [0.1, 0.15) is 4.88 Å². The van der Waals surface area contributed by atoms with E-state index in [1.807, 2.05) is 20.8 Å². The van der Waals surface area contributed by atoms with Crippen LogP contribution < -0.4 is 5.32 Å². The predicted octanol–water partition coefficient (Wildman–Crippen LogP) is 1.24. The van der Waals surface area contributed by atoms with E-state index in [0.29, 0.717) is 4.88 Å². The number of aliphatic hydroxyl groups excluding tert-OH is 1. The van der Waals surface area contributed by atoms with Crippen molar-refractivity contribution in [2.75, 3.05) is 6.61 Å². The molecule has 0 saturated heterocycles. The van der Waals surface area contributed by atoms with Gasteiger partial charge in [-0.2, -0.15) is 0 Å². The van der Waals surface area contributed by atoms with Gasteiger partial charge >= 0.3 is 0 Å². The van der Waals surface area contributed by atoms with Gasteiger partial charge in [0, 0.05) is 12.6 Å². The molecule has 0 radical (unpaired) electrons. The molecule has 0 aliphatic carbocycles. The van der Waals surface area contributed by atoms with Crippen molar-refractivity contribution < 1.29 is 9.90 Å². The number of aryl methyl sites for hydroxylation is 1. The fraction of sp³-hybridized carbons (Fsp3) is 0.727. The Morgan fingerprint density at radius 3 is 2.82 bits per heavy atom. The fourth-order valence-corrected chi connectivity index (χ4v) is 1.97. The normalized spacial score (nSPS) is 14.4. The SMILES string of the molecule is CCCc1nnsc1C(=O)NC(C)C(C)CO. The molecular weight excluding hydrogens is 238 g/mol. The minimum absolute atomic E-state index is 0.0365. The molecule has 0 bridgehead atoms. The van der Waals surface area contributed by atoms with Crippen LogP contribution in [-0.2, 0) is 6.42 Å². The second-order valence-corrected chi connectivity index (χ2v) is 4.97. The summed E-state index contributed by atoms with van der Waals surface area (Å²) in [5.41, 5.74) is 0.763. The first kappa shape index (κ1) is 14.1. The lowest BCUT2D eigenvalue weighted by Gasteiger charge is -2.18. The molecule has 6 heteroatoms. The largest absolute Gasteiger partial charge is 0.396 e. The zero-order valence-corrected chi connectivity index (χ0v) is 11.3. The molecule has 96 valence electrons. The average molecular weight is 257 g/mol. The van der Waals surface area contributed by atoms with Crippen molar-refractivity contribution in [2.45, 2.75) is 39.7 Å². The van der Waals surface area contributed by atoms with E-state index in [9.17, 15) is 4.79 Å². The van der Waals surface area contributed by atoms with Gasteiger partial charge in [-0.05, 0) is 30.8 Å². The summed E-state index contributed by atoms with van der Waals surface area (Å²) < 4.78 is 3.82. The highest BCUT2D eigenvalue weighted by atomic mass is 32.1. The average Bonchev–Trinajstić information content (AvgIpc) is 2.76. The molecule has 0 spiro atoms. The molecule has 0 aliphatic rings. The molecule has 1 aromatic heterocycles. The molecule has 2 N–H and O–H groups in total. The number of nitrogens with one attached hydrogen (secondary N) is 1. The van der Waals surface area contributed by atoms with Crippen LogP contribution in [0.4, 0.5) is 0 Å². The molecular formula is C11H19N3O2S. The molecule has 0 aromatic carbocycles. The van der Waals surface area contributed by atoms with Crippen LogP contribution in [0.1, 0.15) is 42.6 Å². The highest BCUT2D eigenvalue weighted by Crippen LogP contribution is 2.13. The molecule has 5 nitrogen and oxygen atoms in total. The summed E-state index contributed by atoms with van der Waals surface area (Å²) >= 11 is 1.12. The number of carbonyl (C=O) groups excluding carboxylic acids is 1. The van der Waals surface area contributed by atoms with Crippen LogP contribution in [0.15, 0.2) is 0 Å². The summed E-state index contributed by atoms with van der Waals surface area (Å²) in [6.45, 7) is 5.87. The maximum atomic E-state index is 12.0. The van der Waals surface area contributed by atoms with Gasteiger partial charge in [0.15, 0.2) is 0 Å². The standard InChI is InChI=1S/C11H19N3O2S/c1-4-5-9-10(17-14-13-9)11(16)12-8(3)7(2)6-15/h7-8,15H,4-6H2,1-3H3,(H,12,16). The van der Waals surface area contributed by atoms with E-state index in [-0.39, 0.29) is 24.5 Å². The van der Waals surface area contributed by atoms with Crippen LogP contribution in [0.25, 0.3) is 0 Å². The number of rotatable bonds is 6. The highest BCUT2D eigenvalue weighted by molar-refractivity contribution is 7.08. The van der Waals surface area contributed by atoms with Crippen molar-refractivity contribution in [3.8, 4) is 0 Å². The van der Waals surface area contributed by atoms with Crippen molar-refractivity contribution in [1.29, 1.82) is 0 Å². The summed E-state index contributed by atoms with van der Waals surface area (Å²) in [4.78, 5) is 12.6. The van der Waals surface area contributed by atoms with Gasteiger partial charge in [0.05, 0.1) is 5.69 Å². The number of hydrogen-bond acceptors (Lipinski definition) is 5. The summed E-state index contributed by atoms with van der Waals surface area (Å²) in [6, 6.07) is -0.0657. The number of nitrogens with zero attached hydrogens (tertiary/aromatic N) is 2. The van der Waals surface area contributed by atoms with Gasteiger partial charge in [0.25, 0.3) is 5.91 Å². The first-order chi connectivity index (χ1) is 8.10. The Hall–Kier alpha value is -1.01. The molecule has 0 aliphatic heterocycles. The first-order valence-electron chi connectivity index (χ1n) is 5.83. The molecule has 0 saturated carbocycles. The minimum Gasteiger partial charge on any atom is -0.396 e. The fourth-order valence-electron chi connectivity index (χ4n) is 1.35. The lowest BCUT2D eigenvalue weighted by Crippen LogP contribution is -2.38. The smallest absolute Gasteiger partial charge is 0.265 e. The van der Waals surface area contributed by atoms with Crippen molar-refractivity contribution in [3.05, 3.63) is 10.6 Å². The molecule has 1 rings (SSSR count). The third-order valence-electron chi connectivity index (χ3n) is 2.75. The van der Waals surface area contributed by atoms with Gasteiger partial charge in [-0.1, -0.05) is 24.8 Å². The van der Waals surface area contributed by atoms with Crippen LogP contribution in [0.2, 0.25) is 0 Å². The van der Waals surface area contributed by atoms with Crippen LogP contribution in [0, 0.1) is 5.92 Å². The second kappa shape index (κ2) is 6.66. The topological polar surface area (TPSA) is 75.1 Å². The molecule has 17 heavy (non-hydrogen) atoms. The van der Waals surface area contributed by atoms with Crippen molar-refractivity contribution in [3.63, 3.8) is 0 Å². The van der Waals surface area contributed by atoms with Crippen molar-refractivity contribution >= 4 is 17.4 Å². The monoisotopic (exact) mass is 257 g/mol. The number of hydrogen-bond donors (Lipinski definition) is 2. The van der Waals surface area contributed by atoms with Gasteiger partial charge in [-0.3, -0.25) is 4.79 Å². The van der Waals surface area contributed by atoms with E-state index < -0.39 is 0 Å². The molecule has 0 fully saturated rings. The molecule has 1 aromatic rings. The third kappa shape index (κ3) is 3.74. The first-order valence-corrected chi connectivity index (χ1v) is 6.60. The lowest BCUT2D eigenvalue weighted by atomic mass is 10.1. The van der Waals surface area contributed by atoms with Crippen LogP contribution in [0.5, 0.6) is 0 Å². The maximum absolute atomic E-state index is 12.0. The minimum atomic E-state index is -0.142. The van der Waals surface area contributed by atoms with Crippen LogP contribution in [0.3, 0.4) is 0 Å². The van der Waals surface area contributed by atoms with Gasteiger partial charge in [-0.25, -0.2) is 0 Å². The number of amides is 1. The van der Waals surface area contributed by atoms with Gasteiger partial charge < -0.3 is 10.4 Å². The number of aromatic nitrogens is 2. The van der Waals surface area contributed by atoms with E-state index in [1.165, 1.54) is 0 Å². The molecule has 2 unspecified atom stereocenters. The number of carbonyl (C=O) groups is 1. The zero-order valence-electron chi connectivity index (χ0n) is 10.4. The molecule has 2 atom stereocenters. The Bertz CT molecular complexity index is 367. The van der Waals surface area contributed by atoms with E-state index in [0.717, 1.165) is 30.1 Å². The maximum Gasteiger partial charge on any atom is 0.265 e. The van der Waals surface area contributed by atoms with E-state index in [4.69, 9.17) is 5.11 Å².